The molecule has 1 saturated heterocycles. The molecule has 1 aromatic carbocycles. The number of rotatable bonds is 4. The largest absolute Gasteiger partial charge is 0.494 e. The van der Waals surface area contributed by atoms with E-state index < -0.39 is 0 Å². The summed E-state index contributed by atoms with van der Waals surface area (Å²) in [5.41, 5.74) is 6.97. The van der Waals surface area contributed by atoms with E-state index in [-0.39, 0.29) is 5.91 Å². The van der Waals surface area contributed by atoms with Gasteiger partial charge in [-0.3, -0.25) is 9.69 Å². The molecule has 3 N–H and O–H groups in total. The predicted molar refractivity (Wildman–Crippen MR) is 80.8 cm³/mol. The van der Waals surface area contributed by atoms with Crippen LogP contribution in [0.4, 0.5) is 11.4 Å². The molecule has 1 aliphatic rings. The van der Waals surface area contributed by atoms with Crippen molar-refractivity contribution in [1.82, 2.24) is 4.90 Å². The van der Waals surface area contributed by atoms with Gasteiger partial charge < -0.3 is 15.8 Å². The third-order valence-corrected chi connectivity index (χ3v) is 3.93. The van der Waals surface area contributed by atoms with Crippen LogP contribution in [0.3, 0.4) is 0 Å². The summed E-state index contributed by atoms with van der Waals surface area (Å²) < 4.78 is 5.22. The summed E-state index contributed by atoms with van der Waals surface area (Å²) in [6.45, 7) is 6.83. The Morgan fingerprint density at radius 1 is 1.40 bits per heavy atom. The number of benzene rings is 1. The van der Waals surface area contributed by atoms with E-state index in [0.29, 0.717) is 35.5 Å². The Labute approximate surface area is 120 Å². The van der Waals surface area contributed by atoms with Gasteiger partial charge in [0, 0.05) is 24.8 Å². The lowest BCUT2D eigenvalue weighted by Crippen LogP contribution is -2.31. The van der Waals surface area contributed by atoms with Crippen molar-refractivity contribution < 1.29 is 9.53 Å². The van der Waals surface area contributed by atoms with Crippen molar-refractivity contribution in [3.05, 3.63) is 18.2 Å². The third-order valence-electron chi connectivity index (χ3n) is 3.93. The average molecular weight is 277 g/mol. The molecule has 1 heterocycles. The quantitative estimate of drug-likeness (QED) is 0.824. The molecule has 1 amide bonds. The SMILES string of the molecule is COc1cc(N)ccc1NC(=O)CN1CC(C)C(C)C1. The number of methoxy groups -OCH3 is 1. The molecule has 0 saturated carbocycles. The first-order valence-corrected chi connectivity index (χ1v) is 6.95. The highest BCUT2D eigenvalue weighted by Crippen LogP contribution is 2.27. The highest BCUT2D eigenvalue weighted by Gasteiger charge is 2.27. The van der Waals surface area contributed by atoms with Crippen LogP contribution in [0.1, 0.15) is 13.8 Å². The summed E-state index contributed by atoms with van der Waals surface area (Å²) in [5, 5.41) is 2.88. The second-order valence-electron chi connectivity index (χ2n) is 5.66. The summed E-state index contributed by atoms with van der Waals surface area (Å²) in [5.74, 6) is 1.86. The van der Waals surface area contributed by atoms with E-state index in [1.54, 1.807) is 25.3 Å². The standard InChI is InChI=1S/C15H23N3O2/c1-10-7-18(8-11(10)2)9-15(19)17-13-5-4-12(16)6-14(13)20-3/h4-6,10-11H,7-9,16H2,1-3H3,(H,17,19). The predicted octanol–water partition coefficient (Wildman–Crippen LogP) is 1.80. The van der Waals surface area contributed by atoms with E-state index in [2.05, 4.69) is 24.1 Å². The number of carbonyl (C=O) groups is 1. The molecule has 110 valence electrons. The fourth-order valence-corrected chi connectivity index (χ4v) is 2.58. The Morgan fingerprint density at radius 2 is 2.05 bits per heavy atom. The van der Waals surface area contributed by atoms with Gasteiger partial charge in [-0.2, -0.15) is 0 Å². The molecule has 0 bridgehead atoms. The Morgan fingerprint density at radius 3 is 2.65 bits per heavy atom. The lowest BCUT2D eigenvalue weighted by Gasteiger charge is -2.16. The molecule has 1 aromatic rings. The fraction of sp³-hybridized carbons (Fsp3) is 0.533. The van der Waals surface area contributed by atoms with Crippen LogP contribution in [0.2, 0.25) is 0 Å². The van der Waals surface area contributed by atoms with E-state index in [1.807, 2.05) is 0 Å². The van der Waals surface area contributed by atoms with E-state index >= 15 is 0 Å². The number of anilines is 2. The van der Waals surface area contributed by atoms with Gasteiger partial charge in [0.2, 0.25) is 5.91 Å². The van der Waals surface area contributed by atoms with Crippen LogP contribution in [0.5, 0.6) is 5.75 Å². The third kappa shape index (κ3) is 3.42. The normalized spacial score (nSPS) is 22.8. The van der Waals surface area contributed by atoms with Crippen LogP contribution >= 0.6 is 0 Å². The van der Waals surface area contributed by atoms with Crippen molar-refractivity contribution in [1.29, 1.82) is 0 Å². The smallest absolute Gasteiger partial charge is 0.238 e. The molecule has 5 heteroatoms. The van der Waals surface area contributed by atoms with Crippen molar-refractivity contribution in [3.8, 4) is 5.75 Å². The van der Waals surface area contributed by atoms with Crippen molar-refractivity contribution in [2.45, 2.75) is 13.8 Å². The minimum Gasteiger partial charge on any atom is -0.494 e. The zero-order chi connectivity index (χ0) is 14.7. The van der Waals surface area contributed by atoms with Crippen molar-refractivity contribution in [2.75, 3.05) is 37.8 Å². The van der Waals surface area contributed by atoms with Crippen LogP contribution in [-0.2, 0) is 4.79 Å². The molecule has 1 aliphatic heterocycles. The van der Waals surface area contributed by atoms with Gasteiger partial charge in [-0.15, -0.1) is 0 Å². The molecular formula is C15H23N3O2. The van der Waals surface area contributed by atoms with Gasteiger partial charge in [0.25, 0.3) is 0 Å². The molecule has 20 heavy (non-hydrogen) atoms. The van der Waals surface area contributed by atoms with Gasteiger partial charge in [0.15, 0.2) is 0 Å². The molecule has 1 fully saturated rings. The fourth-order valence-electron chi connectivity index (χ4n) is 2.58. The summed E-state index contributed by atoms with van der Waals surface area (Å²) >= 11 is 0. The first kappa shape index (κ1) is 14.7. The van der Waals surface area contributed by atoms with Crippen LogP contribution < -0.4 is 15.8 Å². The van der Waals surface area contributed by atoms with Gasteiger partial charge in [0.1, 0.15) is 5.75 Å². The maximum absolute atomic E-state index is 12.1. The highest BCUT2D eigenvalue weighted by atomic mass is 16.5. The Kier molecular flexibility index (Phi) is 4.49. The Balaban J connectivity index is 1.95. The summed E-state index contributed by atoms with van der Waals surface area (Å²) in [7, 11) is 1.56. The van der Waals surface area contributed by atoms with Gasteiger partial charge >= 0.3 is 0 Å². The summed E-state index contributed by atoms with van der Waals surface area (Å²) in [6, 6.07) is 5.22. The second-order valence-corrected chi connectivity index (χ2v) is 5.66. The van der Waals surface area contributed by atoms with Gasteiger partial charge in [-0.05, 0) is 24.0 Å². The minimum atomic E-state index is -0.0191. The number of hydrogen-bond donors (Lipinski definition) is 2. The lowest BCUT2D eigenvalue weighted by molar-refractivity contribution is -0.117. The number of hydrogen-bond acceptors (Lipinski definition) is 4. The maximum atomic E-state index is 12.1. The second kappa shape index (κ2) is 6.13. The molecular weight excluding hydrogens is 254 g/mol. The van der Waals surface area contributed by atoms with E-state index in [9.17, 15) is 4.79 Å². The number of nitrogens with zero attached hydrogens (tertiary/aromatic N) is 1. The van der Waals surface area contributed by atoms with Crippen LogP contribution in [-0.4, -0.2) is 37.6 Å². The van der Waals surface area contributed by atoms with Crippen molar-refractivity contribution in [2.24, 2.45) is 11.8 Å². The van der Waals surface area contributed by atoms with Crippen molar-refractivity contribution in [3.63, 3.8) is 0 Å². The van der Waals surface area contributed by atoms with E-state index in [0.717, 1.165) is 13.1 Å². The Bertz CT molecular complexity index is 480. The number of ether oxygens (including phenoxy) is 1. The van der Waals surface area contributed by atoms with Gasteiger partial charge in [-0.25, -0.2) is 0 Å². The first-order chi connectivity index (χ1) is 9.49. The number of nitrogen functional groups attached to an aromatic ring is 1. The zero-order valence-electron chi connectivity index (χ0n) is 12.3. The lowest BCUT2D eigenvalue weighted by atomic mass is 10.0. The molecule has 2 unspecified atom stereocenters. The van der Waals surface area contributed by atoms with Crippen LogP contribution in [0.25, 0.3) is 0 Å². The average Bonchev–Trinajstić information content (AvgIpc) is 2.70. The van der Waals surface area contributed by atoms with Crippen LogP contribution in [0.15, 0.2) is 18.2 Å². The topological polar surface area (TPSA) is 67.6 Å². The minimum absolute atomic E-state index is 0.0191. The van der Waals surface area contributed by atoms with Gasteiger partial charge in [-0.1, -0.05) is 13.8 Å². The highest BCUT2D eigenvalue weighted by molar-refractivity contribution is 5.94. The molecule has 2 atom stereocenters. The van der Waals surface area contributed by atoms with Gasteiger partial charge in [0.05, 0.1) is 19.3 Å². The number of nitrogens with two attached hydrogens (primary N) is 1. The zero-order valence-corrected chi connectivity index (χ0v) is 12.3. The summed E-state index contributed by atoms with van der Waals surface area (Å²) in [4.78, 5) is 14.3. The monoisotopic (exact) mass is 277 g/mol. The number of likely N-dealkylation sites (tertiary alicyclic amines) is 1. The molecule has 0 radical (unpaired) electrons. The molecule has 0 aromatic heterocycles. The van der Waals surface area contributed by atoms with Crippen LogP contribution in [0, 0.1) is 11.8 Å². The molecule has 2 rings (SSSR count). The molecule has 0 spiro atoms. The van der Waals surface area contributed by atoms with E-state index in [1.165, 1.54) is 0 Å². The van der Waals surface area contributed by atoms with E-state index in [4.69, 9.17) is 10.5 Å². The molecule has 5 nitrogen and oxygen atoms in total. The maximum Gasteiger partial charge on any atom is 0.238 e. The molecule has 0 aliphatic carbocycles. The first-order valence-electron chi connectivity index (χ1n) is 6.95. The number of carbonyl (C=O) groups excluding carboxylic acids is 1. The Hall–Kier alpha value is -1.75. The number of amides is 1. The number of nitrogens with one attached hydrogen (secondary N) is 1. The van der Waals surface area contributed by atoms with Crippen molar-refractivity contribution >= 4 is 17.3 Å². The summed E-state index contributed by atoms with van der Waals surface area (Å²) in [6.07, 6.45) is 0.